The van der Waals surface area contributed by atoms with Crippen molar-refractivity contribution in [3.05, 3.63) is 53.6 Å². The molecule has 0 spiro atoms. The van der Waals surface area contributed by atoms with E-state index in [-0.39, 0.29) is 11.7 Å². The predicted octanol–water partition coefficient (Wildman–Crippen LogP) is 3.92. The van der Waals surface area contributed by atoms with E-state index in [9.17, 15) is 9.90 Å². The highest BCUT2D eigenvalue weighted by Gasteiger charge is 2.07. The van der Waals surface area contributed by atoms with Gasteiger partial charge in [-0.15, -0.1) is 0 Å². The van der Waals surface area contributed by atoms with Gasteiger partial charge in [0.25, 0.3) is 0 Å². The first kappa shape index (κ1) is 14.9. The lowest BCUT2D eigenvalue weighted by Gasteiger charge is -2.09. The topological polar surface area (TPSA) is 55.8 Å². The highest BCUT2D eigenvalue weighted by atomic mass is 16.5. The molecule has 0 radical (unpaired) electrons. The molecule has 0 unspecified atom stereocenters. The molecule has 0 bridgehead atoms. The Hall–Kier alpha value is -2.49. The van der Waals surface area contributed by atoms with Crippen LogP contribution in [0.2, 0.25) is 0 Å². The van der Waals surface area contributed by atoms with Crippen LogP contribution in [0.25, 0.3) is 0 Å². The van der Waals surface area contributed by atoms with Gasteiger partial charge in [0, 0.05) is 0 Å². The van der Waals surface area contributed by atoms with Gasteiger partial charge < -0.3 is 14.6 Å². The van der Waals surface area contributed by atoms with Crippen LogP contribution < -0.4 is 4.74 Å². The van der Waals surface area contributed by atoms with Gasteiger partial charge in [-0.2, -0.15) is 0 Å². The molecular weight excluding hydrogens is 268 g/mol. The predicted molar refractivity (Wildman–Crippen MR) is 80.0 cm³/mol. The second-order valence-electron chi connectivity index (χ2n) is 4.66. The summed E-state index contributed by atoms with van der Waals surface area (Å²) in [5, 5.41) is 9.75. The summed E-state index contributed by atoms with van der Waals surface area (Å²) in [7, 11) is 1.35. The second kappa shape index (κ2) is 6.79. The molecule has 0 amide bonds. The molecule has 21 heavy (non-hydrogen) atoms. The molecule has 0 aliphatic carbocycles. The minimum absolute atomic E-state index is 0.283. The Morgan fingerprint density at radius 1 is 1.10 bits per heavy atom. The van der Waals surface area contributed by atoms with Gasteiger partial charge in [0.2, 0.25) is 0 Å². The standard InChI is InChI=1S/C17H18O4/c1-3-4-13-11-15(9-10-16(13)18)21-14-7-5-12(6-8-14)17(19)20-2/h5-11,18H,3-4H2,1-2H3. The van der Waals surface area contributed by atoms with E-state index in [2.05, 4.69) is 11.7 Å². The van der Waals surface area contributed by atoms with E-state index in [1.165, 1.54) is 7.11 Å². The molecule has 2 aromatic carbocycles. The Morgan fingerprint density at radius 3 is 2.38 bits per heavy atom. The summed E-state index contributed by atoms with van der Waals surface area (Å²) in [4.78, 5) is 11.3. The monoisotopic (exact) mass is 286 g/mol. The Kier molecular flexibility index (Phi) is 4.82. The maximum absolute atomic E-state index is 11.3. The zero-order chi connectivity index (χ0) is 15.2. The van der Waals surface area contributed by atoms with Crippen LogP contribution in [0.4, 0.5) is 0 Å². The number of phenols is 1. The molecule has 1 N–H and O–H groups in total. The molecule has 0 aliphatic rings. The summed E-state index contributed by atoms with van der Waals surface area (Å²) < 4.78 is 10.4. The number of rotatable bonds is 5. The average molecular weight is 286 g/mol. The zero-order valence-electron chi connectivity index (χ0n) is 12.1. The first-order chi connectivity index (χ1) is 10.1. The lowest BCUT2D eigenvalue weighted by molar-refractivity contribution is 0.0600. The van der Waals surface area contributed by atoms with Crippen LogP contribution in [0.1, 0.15) is 29.3 Å². The fourth-order valence-electron chi connectivity index (χ4n) is 2.01. The van der Waals surface area contributed by atoms with E-state index >= 15 is 0 Å². The summed E-state index contributed by atoms with van der Waals surface area (Å²) in [5.41, 5.74) is 1.34. The summed E-state index contributed by atoms with van der Waals surface area (Å²) >= 11 is 0. The molecule has 0 saturated carbocycles. The van der Waals surface area contributed by atoms with Crippen molar-refractivity contribution in [1.29, 1.82) is 0 Å². The molecule has 0 aliphatic heterocycles. The van der Waals surface area contributed by atoms with Crippen LogP contribution in [-0.4, -0.2) is 18.2 Å². The van der Waals surface area contributed by atoms with Crippen LogP contribution >= 0.6 is 0 Å². The molecule has 0 saturated heterocycles. The number of aryl methyl sites for hydroxylation is 1. The van der Waals surface area contributed by atoms with E-state index in [1.807, 2.05) is 6.07 Å². The molecule has 110 valence electrons. The summed E-state index contributed by atoms with van der Waals surface area (Å²) in [6, 6.07) is 11.9. The van der Waals surface area contributed by atoms with Gasteiger partial charge in [0.15, 0.2) is 0 Å². The van der Waals surface area contributed by atoms with E-state index in [1.54, 1.807) is 36.4 Å². The number of hydrogen-bond donors (Lipinski definition) is 1. The van der Waals surface area contributed by atoms with E-state index < -0.39 is 0 Å². The molecule has 2 rings (SSSR count). The molecule has 0 atom stereocenters. The zero-order valence-corrected chi connectivity index (χ0v) is 12.1. The third-order valence-corrected chi connectivity index (χ3v) is 3.08. The number of benzene rings is 2. The first-order valence-corrected chi connectivity index (χ1v) is 6.82. The average Bonchev–Trinajstić information content (AvgIpc) is 2.51. The summed E-state index contributed by atoms with van der Waals surface area (Å²) in [5.74, 6) is 1.18. The number of methoxy groups -OCH3 is 1. The van der Waals surface area contributed by atoms with E-state index in [4.69, 9.17) is 4.74 Å². The van der Waals surface area contributed by atoms with Crippen LogP contribution in [0.5, 0.6) is 17.2 Å². The third kappa shape index (κ3) is 3.75. The molecule has 4 heteroatoms. The largest absolute Gasteiger partial charge is 0.508 e. The highest BCUT2D eigenvalue weighted by molar-refractivity contribution is 5.89. The van der Waals surface area contributed by atoms with Crippen molar-refractivity contribution in [3.8, 4) is 17.2 Å². The Bertz CT molecular complexity index is 617. The van der Waals surface area contributed by atoms with Crippen LogP contribution in [0.15, 0.2) is 42.5 Å². The molecule has 0 fully saturated rings. The van der Waals surface area contributed by atoms with Crippen LogP contribution in [0, 0.1) is 0 Å². The highest BCUT2D eigenvalue weighted by Crippen LogP contribution is 2.28. The number of ether oxygens (including phenoxy) is 2. The number of carbonyl (C=O) groups is 1. The van der Waals surface area contributed by atoms with Gasteiger partial charge in [-0.3, -0.25) is 0 Å². The van der Waals surface area contributed by atoms with Crippen LogP contribution in [0.3, 0.4) is 0 Å². The third-order valence-electron chi connectivity index (χ3n) is 3.08. The fourth-order valence-corrected chi connectivity index (χ4v) is 2.01. The van der Waals surface area contributed by atoms with Gasteiger partial charge in [-0.05, 0) is 54.4 Å². The summed E-state index contributed by atoms with van der Waals surface area (Å²) in [6.45, 7) is 2.05. The normalized spacial score (nSPS) is 10.2. The smallest absolute Gasteiger partial charge is 0.337 e. The maximum atomic E-state index is 11.3. The van der Waals surface area contributed by atoms with Crippen molar-refractivity contribution in [1.82, 2.24) is 0 Å². The molecule has 2 aromatic rings. The van der Waals surface area contributed by atoms with Crippen molar-refractivity contribution in [2.45, 2.75) is 19.8 Å². The van der Waals surface area contributed by atoms with Crippen molar-refractivity contribution < 1.29 is 19.4 Å². The Balaban J connectivity index is 2.14. The lowest BCUT2D eigenvalue weighted by Crippen LogP contribution is -2.00. The van der Waals surface area contributed by atoms with Gasteiger partial charge in [-0.25, -0.2) is 4.79 Å². The number of carbonyl (C=O) groups excluding carboxylic acids is 1. The number of aromatic hydroxyl groups is 1. The Morgan fingerprint density at radius 2 is 1.76 bits per heavy atom. The summed E-state index contributed by atoms with van der Waals surface area (Å²) in [6.07, 6.45) is 1.75. The van der Waals surface area contributed by atoms with Gasteiger partial charge in [0.1, 0.15) is 17.2 Å². The minimum Gasteiger partial charge on any atom is -0.508 e. The molecule has 0 aromatic heterocycles. The van der Waals surface area contributed by atoms with Crippen molar-refractivity contribution in [2.24, 2.45) is 0 Å². The number of esters is 1. The number of hydrogen-bond acceptors (Lipinski definition) is 4. The quantitative estimate of drug-likeness (QED) is 0.846. The van der Waals surface area contributed by atoms with Gasteiger partial charge >= 0.3 is 5.97 Å². The first-order valence-electron chi connectivity index (χ1n) is 6.82. The molecule has 0 heterocycles. The van der Waals surface area contributed by atoms with Gasteiger partial charge in [-0.1, -0.05) is 13.3 Å². The maximum Gasteiger partial charge on any atom is 0.337 e. The molecule has 4 nitrogen and oxygen atoms in total. The minimum atomic E-state index is -0.378. The van der Waals surface area contributed by atoms with Gasteiger partial charge in [0.05, 0.1) is 12.7 Å². The SMILES string of the molecule is CCCc1cc(Oc2ccc(C(=O)OC)cc2)ccc1O. The van der Waals surface area contributed by atoms with Crippen molar-refractivity contribution in [3.63, 3.8) is 0 Å². The molecular formula is C17H18O4. The van der Waals surface area contributed by atoms with E-state index in [0.717, 1.165) is 18.4 Å². The lowest BCUT2D eigenvalue weighted by atomic mass is 10.1. The second-order valence-corrected chi connectivity index (χ2v) is 4.66. The van der Waals surface area contributed by atoms with Crippen molar-refractivity contribution >= 4 is 5.97 Å². The number of phenolic OH excluding ortho intramolecular Hbond substituents is 1. The van der Waals surface area contributed by atoms with Crippen molar-refractivity contribution in [2.75, 3.05) is 7.11 Å². The van der Waals surface area contributed by atoms with E-state index in [0.29, 0.717) is 17.1 Å². The fraction of sp³-hybridized carbons (Fsp3) is 0.235. The Labute approximate surface area is 123 Å². The van der Waals surface area contributed by atoms with Crippen LogP contribution in [-0.2, 0) is 11.2 Å².